The number of carbonyl (C=O) groups is 1. The first-order valence-corrected chi connectivity index (χ1v) is 6.32. The molecule has 104 valence electrons. The molecule has 0 radical (unpaired) electrons. The summed E-state index contributed by atoms with van der Waals surface area (Å²) in [4.78, 5) is 19.7. The van der Waals surface area contributed by atoms with Gasteiger partial charge in [0, 0.05) is 18.3 Å². The molecule has 0 aliphatic heterocycles. The van der Waals surface area contributed by atoms with Gasteiger partial charge < -0.3 is 10.1 Å². The molecule has 1 aromatic heterocycles. The minimum Gasteiger partial charge on any atom is -0.463 e. The Bertz CT molecular complexity index is 626. The van der Waals surface area contributed by atoms with Crippen molar-refractivity contribution in [3.05, 3.63) is 53.0 Å². The van der Waals surface area contributed by atoms with Crippen molar-refractivity contribution in [1.82, 2.24) is 9.97 Å². The second kappa shape index (κ2) is 6.14. The SMILES string of the molecule is COC(=O)c1nc(C)cc(NCc2cccc(C)c2)n1. The number of rotatable bonds is 4. The van der Waals surface area contributed by atoms with E-state index in [1.807, 2.05) is 32.0 Å². The van der Waals surface area contributed by atoms with E-state index in [9.17, 15) is 4.79 Å². The Labute approximate surface area is 118 Å². The smallest absolute Gasteiger partial charge is 0.376 e. The zero-order valence-corrected chi connectivity index (χ0v) is 11.8. The minimum atomic E-state index is -0.535. The second-order valence-electron chi connectivity index (χ2n) is 4.55. The number of methoxy groups -OCH3 is 1. The maximum absolute atomic E-state index is 11.5. The lowest BCUT2D eigenvalue weighted by atomic mass is 10.1. The Morgan fingerprint density at radius 3 is 2.75 bits per heavy atom. The Morgan fingerprint density at radius 2 is 2.05 bits per heavy atom. The Balaban J connectivity index is 2.13. The van der Waals surface area contributed by atoms with E-state index in [2.05, 4.69) is 26.1 Å². The van der Waals surface area contributed by atoms with Crippen molar-refractivity contribution in [1.29, 1.82) is 0 Å². The van der Waals surface area contributed by atoms with Crippen LogP contribution in [0, 0.1) is 13.8 Å². The zero-order valence-electron chi connectivity index (χ0n) is 11.8. The van der Waals surface area contributed by atoms with Crippen LogP contribution in [-0.4, -0.2) is 23.0 Å². The van der Waals surface area contributed by atoms with Gasteiger partial charge in [0.25, 0.3) is 0 Å². The molecule has 0 bridgehead atoms. The summed E-state index contributed by atoms with van der Waals surface area (Å²) in [6.07, 6.45) is 0. The van der Waals surface area contributed by atoms with Gasteiger partial charge in [-0.2, -0.15) is 0 Å². The number of nitrogens with one attached hydrogen (secondary N) is 1. The van der Waals surface area contributed by atoms with Crippen LogP contribution < -0.4 is 5.32 Å². The molecule has 5 heteroatoms. The molecule has 1 aromatic carbocycles. The topological polar surface area (TPSA) is 64.1 Å². The second-order valence-corrected chi connectivity index (χ2v) is 4.55. The fourth-order valence-electron chi connectivity index (χ4n) is 1.86. The zero-order chi connectivity index (χ0) is 14.5. The monoisotopic (exact) mass is 271 g/mol. The van der Waals surface area contributed by atoms with E-state index in [4.69, 9.17) is 0 Å². The van der Waals surface area contributed by atoms with Crippen molar-refractivity contribution in [2.24, 2.45) is 0 Å². The summed E-state index contributed by atoms with van der Waals surface area (Å²) in [5, 5.41) is 3.19. The van der Waals surface area contributed by atoms with E-state index in [-0.39, 0.29) is 5.82 Å². The summed E-state index contributed by atoms with van der Waals surface area (Å²) in [7, 11) is 1.31. The standard InChI is InChI=1S/C15H17N3O2/c1-10-5-4-6-12(7-10)9-16-13-8-11(2)17-14(18-13)15(19)20-3/h4-8H,9H2,1-3H3,(H,16,17,18). The van der Waals surface area contributed by atoms with Gasteiger partial charge in [-0.15, -0.1) is 0 Å². The number of carbonyl (C=O) groups excluding carboxylic acids is 1. The van der Waals surface area contributed by atoms with E-state index in [1.165, 1.54) is 12.7 Å². The summed E-state index contributed by atoms with van der Waals surface area (Å²) < 4.78 is 4.63. The molecule has 1 N–H and O–H groups in total. The first-order valence-electron chi connectivity index (χ1n) is 6.32. The van der Waals surface area contributed by atoms with Gasteiger partial charge in [0.15, 0.2) is 0 Å². The lowest BCUT2D eigenvalue weighted by Gasteiger charge is -2.08. The number of hydrogen-bond acceptors (Lipinski definition) is 5. The van der Waals surface area contributed by atoms with Crippen molar-refractivity contribution in [2.75, 3.05) is 12.4 Å². The van der Waals surface area contributed by atoms with Gasteiger partial charge in [-0.3, -0.25) is 0 Å². The van der Waals surface area contributed by atoms with Crippen LogP contribution in [0.3, 0.4) is 0 Å². The van der Waals surface area contributed by atoms with Crippen LogP contribution in [0.1, 0.15) is 27.4 Å². The molecule has 0 aliphatic rings. The predicted molar refractivity (Wildman–Crippen MR) is 76.6 cm³/mol. The van der Waals surface area contributed by atoms with Crippen LogP contribution in [0.4, 0.5) is 5.82 Å². The van der Waals surface area contributed by atoms with Crippen molar-refractivity contribution in [3.63, 3.8) is 0 Å². The highest BCUT2D eigenvalue weighted by Crippen LogP contribution is 2.10. The maximum atomic E-state index is 11.5. The highest BCUT2D eigenvalue weighted by atomic mass is 16.5. The predicted octanol–water partition coefficient (Wildman–Crippen LogP) is 2.49. The van der Waals surface area contributed by atoms with E-state index in [0.717, 1.165) is 5.56 Å². The van der Waals surface area contributed by atoms with Gasteiger partial charge in [-0.25, -0.2) is 14.8 Å². The first-order chi connectivity index (χ1) is 9.58. The normalized spacial score (nSPS) is 10.2. The van der Waals surface area contributed by atoms with Gasteiger partial charge in [-0.1, -0.05) is 29.8 Å². The molecule has 0 unspecified atom stereocenters. The average molecular weight is 271 g/mol. The number of hydrogen-bond donors (Lipinski definition) is 1. The Kier molecular flexibility index (Phi) is 4.30. The lowest BCUT2D eigenvalue weighted by molar-refractivity contribution is 0.0586. The number of anilines is 1. The largest absolute Gasteiger partial charge is 0.463 e. The molecule has 1 heterocycles. The fourth-order valence-corrected chi connectivity index (χ4v) is 1.86. The highest BCUT2D eigenvalue weighted by Gasteiger charge is 2.11. The minimum absolute atomic E-state index is 0.0687. The Morgan fingerprint density at radius 1 is 1.25 bits per heavy atom. The molecule has 0 saturated carbocycles. The number of aryl methyl sites for hydroxylation is 2. The molecule has 0 amide bonds. The molecule has 2 aromatic rings. The number of esters is 1. The molecule has 0 fully saturated rings. The fraction of sp³-hybridized carbons (Fsp3) is 0.267. The molecule has 0 aliphatic carbocycles. The van der Waals surface area contributed by atoms with Gasteiger partial charge in [0.1, 0.15) is 5.82 Å². The first kappa shape index (κ1) is 14.0. The maximum Gasteiger partial charge on any atom is 0.376 e. The summed E-state index contributed by atoms with van der Waals surface area (Å²) in [6.45, 7) is 4.50. The number of ether oxygens (including phenoxy) is 1. The van der Waals surface area contributed by atoms with E-state index in [1.54, 1.807) is 6.07 Å². The van der Waals surface area contributed by atoms with E-state index >= 15 is 0 Å². The molecule has 0 saturated heterocycles. The molecule has 0 spiro atoms. The third-order valence-electron chi connectivity index (χ3n) is 2.78. The van der Waals surface area contributed by atoms with Crippen LogP contribution in [0.15, 0.2) is 30.3 Å². The van der Waals surface area contributed by atoms with Gasteiger partial charge >= 0.3 is 5.97 Å². The van der Waals surface area contributed by atoms with Gasteiger partial charge in [-0.05, 0) is 19.4 Å². The summed E-state index contributed by atoms with van der Waals surface area (Å²) in [5.74, 6) is 0.144. The summed E-state index contributed by atoms with van der Waals surface area (Å²) in [5.41, 5.74) is 3.08. The van der Waals surface area contributed by atoms with Crippen LogP contribution in [0.5, 0.6) is 0 Å². The van der Waals surface area contributed by atoms with Crippen molar-refractivity contribution in [2.45, 2.75) is 20.4 Å². The molecule has 20 heavy (non-hydrogen) atoms. The quantitative estimate of drug-likeness (QED) is 0.865. The molecular weight excluding hydrogens is 254 g/mol. The third-order valence-corrected chi connectivity index (χ3v) is 2.78. The number of nitrogens with zero attached hydrogens (tertiary/aromatic N) is 2. The number of benzene rings is 1. The van der Waals surface area contributed by atoms with Crippen molar-refractivity contribution < 1.29 is 9.53 Å². The lowest BCUT2D eigenvalue weighted by Crippen LogP contribution is -2.11. The average Bonchev–Trinajstić information content (AvgIpc) is 2.44. The van der Waals surface area contributed by atoms with Crippen LogP contribution in [0.25, 0.3) is 0 Å². The summed E-state index contributed by atoms with van der Waals surface area (Å²) in [6, 6.07) is 9.99. The molecular formula is C15H17N3O2. The van der Waals surface area contributed by atoms with E-state index < -0.39 is 5.97 Å². The number of aromatic nitrogens is 2. The molecule has 5 nitrogen and oxygen atoms in total. The van der Waals surface area contributed by atoms with E-state index in [0.29, 0.717) is 18.1 Å². The van der Waals surface area contributed by atoms with Gasteiger partial charge in [0.2, 0.25) is 5.82 Å². The van der Waals surface area contributed by atoms with Gasteiger partial charge in [0.05, 0.1) is 7.11 Å². The van der Waals surface area contributed by atoms with Crippen molar-refractivity contribution >= 4 is 11.8 Å². The third kappa shape index (κ3) is 3.54. The van der Waals surface area contributed by atoms with Crippen LogP contribution >= 0.6 is 0 Å². The van der Waals surface area contributed by atoms with Crippen LogP contribution in [0.2, 0.25) is 0 Å². The van der Waals surface area contributed by atoms with Crippen LogP contribution in [-0.2, 0) is 11.3 Å². The van der Waals surface area contributed by atoms with Crippen molar-refractivity contribution in [3.8, 4) is 0 Å². The molecule has 2 rings (SSSR count). The Hall–Kier alpha value is -2.43. The molecule has 0 atom stereocenters. The summed E-state index contributed by atoms with van der Waals surface area (Å²) >= 11 is 0. The highest BCUT2D eigenvalue weighted by molar-refractivity contribution is 5.85.